The molecule has 1 aliphatic heterocycles. The van der Waals surface area contributed by atoms with Crippen LogP contribution < -0.4 is 16.4 Å². The van der Waals surface area contributed by atoms with Gasteiger partial charge in [-0.15, -0.1) is 0 Å². The fourth-order valence-electron chi connectivity index (χ4n) is 1.90. The number of carboxylic acids is 1. The molecule has 2 amide bonds. The van der Waals surface area contributed by atoms with Crippen molar-refractivity contribution < 1.29 is 19.5 Å². The van der Waals surface area contributed by atoms with E-state index in [1.807, 2.05) is 0 Å². The third-order valence-corrected chi connectivity index (χ3v) is 2.91. The predicted octanol–water partition coefficient (Wildman–Crippen LogP) is 0.184. The second-order valence-electron chi connectivity index (χ2n) is 4.22. The van der Waals surface area contributed by atoms with Gasteiger partial charge in [-0.2, -0.15) is 0 Å². The number of nitrogens with two attached hydrogens (primary N) is 1. The maximum Gasteiger partial charge on any atom is 0.337 e. The lowest BCUT2D eigenvalue weighted by Gasteiger charge is -2.23. The molecule has 1 aliphatic rings. The van der Waals surface area contributed by atoms with Gasteiger partial charge in [0.2, 0.25) is 11.8 Å². The zero-order valence-corrected chi connectivity index (χ0v) is 9.97. The Balaban J connectivity index is 2.20. The molecule has 19 heavy (non-hydrogen) atoms. The smallest absolute Gasteiger partial charge is 0.337 e. The van der Waals surface area contributed by atoms with Crippen molar-refractivity contribution in [1.29, 1.82) is 0 Å². The molecule has 1 aromatic carbocycles. The van der Waals surface area contributed by atoms with Gasteiger partial charge in [0, 0.05) is 6.42 Å². The van der Waals surface area contributed by atoms with Gasteiger partial charge in [0.15, 0.2) is 0 Å². The van der Waals surface area contributed by atoms with Gasteiger partial charge in [-0.05, 0) is 18.6 Å². The first-order valence-electron chi connectivity index (χ1n) is 5.71. The lowest BCUT2D eigenvalue weighted by molar-refractivity contribution is -0.133. The van der Waals surface area contributed by atoms with Gasteiger partial charge in [-0.25, -0.2) is 4.79 Å². The Morgan fingerprint density at radius 2 is 2.16 bits per heavy atom. The Bertz CT molecular complexity index is 556. The summed E-state index contributed by atoms with van der Waals surface area (Å²) in [5.41, 5.74) is 6.14. The van der Waals surface area contributed by atoms with Crippen LogP contribution in [0.25, 0.3) is 0 Å². The molecule has 0 aromatic heterocycles. The van der Waals surface area contributed by atoms with Crippen LogP contribution in [-0.2, 0) is 9.59 Å². The first-order chi connectivity index (χ1) is 8.99. The molecule has 5 N–H and O–H groups in total. The van der Waals surface area contributed by atoms with Crippen molar-refractivity contribution in [3.63, 3.8) is 0 Å². The van der Waals surface area contributed by atoms with E-state index in [0.717, 1.165) is 0 Å². The van der Waals surface area contributed by atoms with Crippen LogP contribution in [0.5, 0.6) is 0 Å². The number of imide groups is 1. The standard InChI is InChI=1S/C12H13N3O4/c13-10-6(12(18)19)2-1-3-7(10)14-8-4-5-9(16)15-11(8)17/h1-3,8,14H,4-5,13H2,(H,18,19)(H,15,16,17). The van der Waals surface area contributed by atoms with E-state index in [1.165, 1.54) is 12.1 Å². The summed E-state index contributed by atoms with van der Waals surface area (Å²) in [4.78, 5) is 33.5. The number of anilines is 2. The molecule has 0 spiro atoms. The number of carbonyl (C=O) groups is 3. The average molecular weight is 263 g/mol. The number of benzene rings is 1. The molecule has 1 fully saturated rings. The SMILES string of the molecule is Nc1c(NC2CCC(=O)NC2=O)cccc1C(=O)O. The van der Waals surface area contributed by atoms with E-state index in [0.29, 0.717) is 12.1 Å². The number of nitrogens with one attached hydrogen (secondary N) is 2. The number of nitrogen functional groups attached to an aromatic ring is 1. The Kier molecular flexibility index (Phi) is 3.37. The van der Waals surface area contributed by atoms with Crippen LogP contribution in [0.1, 0.15) is 23.2 Å². The zero-order valence-electron chi connectivity index (χ0n) is 9.97. The molecule has 100 valence electrons. The fraction of sp³-hybridized carbons (Fsp3) is 0.250. The van der Waals surface area contributed by atoms with Crippen LogP contribution in [0, 0.1) is 0 Å². The van der Waals surface area contributed by atoms with Gasteiger partial charge in [0.1, 0.15) is 6.04 Å². The van der Waals surface area contributed by atoms with Gasteiger partial charge in [-0.3, -0.25) is 14.9 Å². The summed E-state index contributed by atoms with van der Waals surface area (Å²) in [6.07, 6.45) is 0.587. The highest BCUT2D eigenvalue weighted by Gasteiger charge is 2.27. The van der Waals surface area contributed by atoms with E-state index in [2.05, 4.69) is 10.6 Å². The highest BCUT2D eigenvalue weighted by molar-refractivity contribution is 6.02. The topological polar surface area (TPSA) is 122 Å². The second-order valence-corrected chi connectivity index (χ2v) is 4.22. The normalized spacial score (nSPS) is 18.8. The van der Waals surface area contributed by atoms with E-state index in [-0.39, 0.29) is 23.6 Å². The minimum atomic E-state index is -1.13. The minimum Gasteiger partial charge on any atom is -0.478 e. The van der Waals surface area contributed by atoms with E-state index in [4.69, 9.17) is 10.8 Å². The largest absolute Gasteiger partial charge is 0.478 e. The number of hydrogen-bond acceptors (Lipinski definition) is 5. The lowest BCUT2D eigenvalue weighted by Crippen LogP contribution is -2.47. The number of para-hydroxylation sites is 1. The quantitative estimate of drug-likeness (QED) is 0.456. The molecule has 0 aliphatic carbocycles. The van der Waals surface area contributed by atoms with Crippen molar-refractivity contribution in [2.45, 2.75) is 18.9 Å². The number of hydrogen-bond donors (Lipinski definition) is 4. The maximum atomic E-state index is 11.6. The highest BCUT2D eigenvalue weighted by atomic mass is 16.4. The van der Waals surface area contributed by atoms with Gasteiger partial charge in [0.05, 0.1) is 16.9 Å². The molecule has 0 bridgehead atoms. The summed E-state index contributed by atoms with van der Waals surface area (Å²) < 4.78 is 0. The van der Waals surface area contributed by atoms with Crippen molar-refractivity contribution >= 4 is 29.2 Å². The molecule has 1 atom stereocenters. The number of carboxylic acid groups (broad SMARTS) is 1. The summed E-state index contributed by atoms with van der Waals surface area (Å²) in [6, 6.07) is 3.91. The first kappa shape index (κ1) is 12.9. The van der Waals surface area contributed by atoms with Crippen LogP contribution in [0.2, 0.25) is 0 Å². The molecular formula is C12H13N3O4. The molecule has 1 heterocycles. The Hall–Kier alpha value is -2.57. The predicted molar refractivity (Wildman–Crippen MR) is 67.6 cm³/mol. The monoisotopic (exact) mass is 263 g/mol. The molecular weight excluding hydrogens is 250 g/mol. The number of aromatic carboxylic acids is 1. The molecule has 1 aromatic rings. The molecule has 7 heteroatoms. The minimum absolute atomic E-state index is 0.0303. The van der Waals surface area contributed by atoms with Crippen LogP contribution >= 0.6 is 0 Å². The van der Waals surface area contributed by atoms with Crippen LogP contribution in [0.4, 0.5) is 11.4 Å². The van der Waals surface area contributed by atoms with Crippen molar-refractivity contribution in [3.05, 3.63) is 23.8 Å². The molecule has 0 radical (unpaired) electrons. The number of rotatable bonds is 3. The Morgan fingerprint density at radius 1 is 1.42 bits per heavy atom. The van der Waals surface area contributed by atoms with Crippen LogP contribution in [0.3, 0.4) is 0 Å². The van der Waals surface area contributed by atoms with Crippen LogP contribution in [-0.4, -0.2) is 28.9 Å². The first-order valence-corrected chi connectivity index (χ1v) is 5.71. The van der Waals surface area contributed by atoms with Gasteiger partial charge in [0.25, 0.3) is 0 Å². The van der Waals surface area contributed by atoms with E-state index in [1.54, 1.807) is 6.07 Å². The fourth-order valence-corrected chi connectivity index (χ4v) is 1.90. The number of piperidine rings is 1. The molecule has 1 saturated heterocycles. The molecule has 7 nitrogen and oxygen atoms in total. The van der Waals surface area contributed by atoms with Crippen molar-refractivity contribution in [2.75, 3.05) is 11.1 Å². The molecule has 1 unspecified atom stereocenters. The van der Waals surface area contributed by atoms with Gasteiger partial charge in [-0.1, -0.05) is 6.07 Å². The Labute approximate surface area is 108 Å². The molecule has 2 rings (SSSR count). The third-order valence-electron chi connectivity index (χ3n) is 2.91. The van der Waals surface area contributed by atoms with Crippen molar-refractivity contribution in [1.82, 2.24) is 5.32 Å². The van der Waals surface area contributed by atoms with Gasteiger partial charge < -0.3 is 16.2 Å². The van der Waals surface area contributed by atoms with E-state index >= 15 is 0 Å². The maximum absolute atomic E-state index is 11.6. The average Bonchev–Trinajstić information content (AvgIpc) is 2.34. The lowest BCUT2D eigenvalue weighted by atomic mass is 10.0. The zero-order chi connectivity index (χ0) is 14.0. The van der Waals surface area contributed by atoms with E-state index < -0.39 is 17.9 Å². The summed E-state index contributed by atoms with van der Waals surface area (Å²) in [7, 11) is 0. The number of carbonyl (C=O) groups excluding carboxylic acids is 2. The highest BCUT2D eigenvalue weighted by Crippen LogP contribution is 2.24. The van der Waals surface area contributed by atoms with Crippen molar-refractivity contribution in [2.24, 2.45) is 0 Å². The summed E-state index contributed by atoms with van der Waals surface area (Å²) in [5, 5.41) is 14.0. The van der Waals surface area contributed by atoms with Gasteiger partial charge >= 0.3 is 5.97 Å². The third kappa shape index (κ3) is 2.65. The summed E-state index contributed by atoms with van der Waals surface area (Å²) in [6.45, 7) is 0. The van der Waals surface area contributed by atoms with Crippen LogP contribution in [0.15, 0.2) is 18.2 Å². The molecule has 0 saturated carbocycles. The summed E-state index contributed by atoms with van der Waals surface area (Å²) >= 11 is 0. The Morgan fingerprint density at radius 3 is 2.79 bits per heavy atom. The summed E-state index contributed by atoms with van der Waals surface area (Å²) in [5.74, 6) is -1.88. The number of amides is 2. The van der Waals surface area contributed by atoms with Crippen molar-refractivity contribution in [3.8, 4) is 0 Å². The second kappa shape index (κ2) is 4.97. The van der Waals surface area contributed by atoms with E-state index in [9.17, 15) is 14.4 Å².